The molecule has 4 rings (SSSR count). The van der Waals surface area contributed by atoms with Crippen LogP contribution in [0.25, 0.3) is 33.1 Å². The summed E-state index contributed by atoms with van der Waals surface area (Å²) in [7, 11) is -3.31. The van der Waals surface area contributed by atoms with Crippen LogP contribution in [0.4, 0.5) is 5.69 Å². The van der Waals surface area contributed by atoms with E-state index in [1.165, 1.54) is 0 Å². The van der Waals surface area contributed by atoms with Gasteiger partial charge in [0.1, 0.15) is 5.58 Å². The lowest BCUT2D eigenvalue weighted by Gasteiger charge is -2.15. The van der Waals surface area contributed by atoms with Crippen LogP contribution in [0.3, 0.4) is 0 Å². The van der Waals surface area contributed by atoms with Crippen LogP contribution in [0, 0.1) is 0 Å². The molecule has 4 aromatic rings. The molecule has 0 bridgehead atoms. The molecule has 2 aromatic heterocycles. The van der Waals surface area contributed by atoms with Crippen LogP contribution >= 0.6 is 0 Å². The van der Waals surface area contributed by atoms with Crippen molar-refractivity contribution < 1.29 is 12.8 Å². The van der Waals surface area contributed by atoms with Crippen LogP contribution in [0.2, 0.25) is 0 Å². The number of aromatic nitrogens is 1. The molecule has 0 radical (unpaired) electrons. The molecule has 134 valence electrons. The number of fused-ring (bicyclic) bond motifs is 2. The average Bonchev–Trinajstić information content (AvgIpc) is 3.16. The largest absolute Gasteiger partial charge is 0.464 e. The van der Waals surface area contributed by atoms with Gasteiger partial charge in [-0.15, -0.1) is 0 Å². The monoisotopic (exact) mass is 368 g/mol. The van der Waals surface area contributed by atoms with Gasteiger partial charge in [0, 0.05) is 28.1 Å². The zero-order valence-corrected chi connectivity index (χ0v) is 15.7. The van der Waals surface area contributed by atoms with Gasteiger partial charge in [-0.2, -0.15) is 0 Å². The molecule has 0 saturated heterocycles. The van der Waals surface area contributed by atoms with Crippen molar-refractivity contribution >= 4 is 37.6 Å². The molecule has 0 amide bonds. The molecule has 0 saturated carbocycles. The van der Waals surface area contributed by atoms with Crippen molar-refractivity contribution in [3.05, 3.63) is 54.8 Å². The summed E-state index contributed by atoms with van der Waals surface area (Å²) < 4.78 is 33.4. The molecule has 0 fully saturated rings. The summed E-state index contributed by atoms with van der Waals surface area (Å²) in [5, 5.41) is 2.13. The van der Waals surface area contributed by atoms with Gasteiger partial charge in [0.15, 0.2) is 0 Å². The van der Waals surface area contributed by atoms with Crippen LogP contribution in [-0.4, -0.2) is 19.2 Å². The Balaban J connectivity index is 1.92. The Bertz CT molecular complexity index is 1220. The maximum Gasteiger partial charge on any atom is 0.229 e. The van der Waals surface area contributed by atoms with Crippen LogP contribution in [0.15, 0.2) is 59.2 Å². The molecule has 0 atom stereocenters. The maximum atomic E-state index is 11.6. The Morgan fingerprint density at radius 2 is 1.77 bits per heavy atom. The number of nitrogens with one attached hydrogen (secondary N) is 1. The number of furan rings is 1. The lowest BCUT2D eigenvalue weighted by molar-refractivity contribution is 0.606. The molecular formula is C20H20N2O3S. The number of benzene rings is 2. The highest BCUT2D eigenvalue weighted by atomic mass is 32.2. The molecule has 6 heteroatoms. The number of sulfonamides is 1. The van der Waals surface area contributed by atoms with Crippen molar-refractivity contribution in [1.29, 1.82) is 0 Å². The van der Waals surface area contributed by atoms with Crippen molar-refractivity contribution in [2.75, 3.05) is 11.0 Å². The zero-order valence-electron chi connectivity index (χ0n) is 14.9. The summed E-state index contributed by atoms with van der Waals surface area (Å²) in [6.45, 7) is 4.23. The standard InChI is InChI=1S/C20H20N2O3S/c1-13(2)22-18(16-5-4-14-8-9-25-20(14)11-16)10-15-6-7-17(12-19(15)22)21-26(3,23)24/h4-13,21H,1-3H3. The normalized spacial score (nSPS) is 12.3. The smallest absolute Gasteiger partial charge is 0.229 e. The van der Waals surface area contributed by atoms with E-state index in [9.17, 15) is 8.42 Å². The third kappa shape index (κ3) is 2.97. The predicted molar refractivity (Wildman–Crippen MR) is 106 cm³/mol. The maximum absolute atomic E-state index is 11.6. The van der Waals surface area contributed by atoms with Crippen LogP contribution in [0.1, 0.15) is 19.9 Å². The van der Waals surface area contributed by atoms with E-state index < -0.39 is 10.0 Å². The Morgan fingerprint density at radius 3 is 2.50 bits per heavy atom. The van der Waals surface area contributed by atoms with Crippen molar-refractivity contribution in [3.63, 3.8) is 0 Å². The lowest BCUT2D eigenvalue weighted by atomic mass is 10.1. The Labute approximate surface area is 152 Å². The van der Waals surface area contributed by atoms with Crippen LogP contribution < -0.4 is 4.72 Å². The first kappa shape index (κ1) is 16.7. The SMILES string of the molecule is CC(C)n1c(-c2ccc3ccoc3c2)cc2ccc(NS(C)(=O)=O)cc21. The topological polar surface area (TPSA) is 64.2 Å². The fraction of sp³-hybridized carbons (Fsp3) is 0.200. The second kappa shape index (κ2) is 5.92. The summed E-state index contributed by atoms with van der Waals surface area (Å²) >= 11 is 0. The van der Waals surface area contributed by atoms with Gasteiger partial charge >= 0.3 is 0 Å². The predicted octanol–water partition coefficient (Wildman–Crippen LogP) is 5.01. The van der Waals surface area contributed by atoms with Crippen LogP contribution in [-0.2, 0) is 10.0 Å². The Kier molecular flexibility index (Phi) is 3.80. The summed E-state index contributed by atoms with van der Waals surface area (Å²) in [5.74, 6) is 0. The van der Waals surface area contributed by atoms with E-state index in [0.717, 1.165) is 39.4 Å². The van der Waals surface area contributed by atoms with Gasteiger partial charge in [-0.25, -0.2) is 8.42 Å². The van der Waals surface area contributed by atoms with Crippen molar-refractivity contribution in [2.24, 2.45) is 0 Å². The number of nitrogens with zero attached hydrogens (tertiary/aromatic N) is 1. The molecule has 0 aliphatic heterocycles. The fourth-order valence-electron chi connectivity index (χ4n) is 3.39. The van der Waals surface area contributed by atoms with E-state index in [2.05, 4.69) is 35.3 Å². The molecule has 0 aliphatic rings. The minimum absolute atomic E-state index is 0.211. The molecule has 2 aromatic carbocycles. The number of hydrogen-bond acceptors (Lipinski definition) is 3. The van der Waals surface area contributed by atoms with Gasteiger partial charge in [-0.3, -0.25) is 4.72 Å². The molecule has 1 N–H and O–H groups in total. The van der Waals surface area contributed by atoms with Crippen molar-refractivity contribution in [2.45, 2.75) is 19.9 Å². The van der Waals surface area contributed by atoms with Gasteiger partial charge in [-0.05, 0) is 44.2 Å². The molecule has 0 aliphatic carbocycles. The molecule has 0 spiro atoms. The zero-order chi connectivity index (χ0) is 18.5. The highest BCUT2D eigenvalue weighted by Crippen LogP contribution is 2.34. The molecule has 0 unspecified atom stereocenters. The Hall–Kier alpha value is -2.73. The first-order valence-corrected chi connectivity index (χ1v) is 10.3. The van der Waals surface area contributed by atoms with Gasteiger partial charge in [0.25, 0.3) is 0 Å². The number of rotatable bonds is 4. The van der Waals surface area contributed by atoms with Gasteiger partial charge < -0.3 is 8.98 Å². The minimum Gasteiger partial charge on any atom is -0.464 e. The minimum atomic E-state index is -3.31. The number of anilines is 1. The van der Waals surface area contributed by atoms with E-state index in [-0.39, 0.29) is 6.04 Å². The molecule has 26 heavy (non-hydrogen) atoms. The molecular weight excluding hydrogens is 348 g/mol. The first-order valence-electron chi connectivity index (χ1n) is 8.42. The van der Waals surface area contributed by atoms with Crippen molar-refractivity contribution in [3.8, 4) is 11.3 Å². The van der Waals surface area contributed by atoms with Gasteiger partial charge in [-0.1, -0.05) is 18.2 Å². The number of hydrogen-bond donors (Lipinski definition) is 1. The van der Waals surface area contributed by atoms with E-state index >= 15 is 0 Å². The van der Waals surface area contributed by atoms with E-state index in [0.29, 0.717) is 5.69 Å². The lowest BCUT2D eigenvalue weighted by Crippen LogP contribution is -2.09. The Morgan fingerprint density at radius 1 is 1.00 bits per heavy atom. The van der Waals surface area contributed by atoms with Crippen LogP contribution in [0.5, 0.6) is 0 Å². The van der Waals surface area contributed by atoms with E-state index in [1.807, 2.05) is 30.3 Å². The molecule has 2 heterocycles. The van der Waals surface area contributed by atoms with E-state index in [1.54, 1.807) is 12.3 Å². The summed E-state index contributed by atoms with van der Waals surface area (Å²) in [6, 6.07) is 16.1. The summed E-state index contributed by atoms with van der Waals surface area (Å²) in [5.41, 5.74) is 4.54. The van der Waals surface area contributed by atoms with Crippen molar-refractivity contribution in [1.82, 2.24) is 4.57 Å². The average molecular weight is 368 g/mol. The fourth-order valence-corrected chi connectivity index (χ4v) is 3.95. The summed E-state index contributed by atoms with van der Waals surface area (Å²) in [4.78, 5) is 0. The highest BCUT2D eigenvalue weighted by Gasteiger charge is 2.15. The molecule has 5 nitrogen and oxygen atoms in total. The second-order valence-electron chi connectivity index (χ2n) is 6.81. The highest BCUT2D eigenvalue weighted by molar-refractivity contribution is 7.92. The second-order valence-corrected chi connectivity index (χ2v) is 8.56. The van der Waals surface area contributed by atoms with Gasteiger partial charge in [0.2, 0.25) is 10.0 Å². The van der Waals surface area contributed by atoms with Gasteiger partial charge in [0.05, 0.1) is 23.7 Å². The van der Waals surface area contributed by atoms with E-state index in [4.69, 9.17) is 4.42 Å². The first-order chi connectivity index (χ1) is 12.3. The third-order valence-corrected chi connectivity index (χ3v) is 5.02. The third-order valence-electron chi connectivity index (χ3n) is 4.41. The summed E-state index contributed by atoms with van der Waals surface area (Å²) in [6.07, 6.45) is 2.85. The quantitative estimate of drug-likeness (QED) is 0.551.